The van der Waals surface area contributed by atoms with Gasteiger partial charge in [0, 0.05) is 24.7 Å². The summed E-state index contributed by atoms with van der Waals surface area (Å²) in [7, 11) is 1.62. The molecule has 0 saturated carbocycles. The number of hydrogen-bond donors (Lipinski definition) is 3. The fourth-order valence-electron chi connectivity index (χ4n) is 1.56. The van der Waals surface area contributed by atoms with Gasteiger partial charge in [0.25, 0.3) is 0 Å². The standard InChI is InChI=1S/C15H24N4O2.HI/c1-11(2)14(20)17-9-4-10-18-15(16)19-12-5-7-13(21-3)8-6-12;/h5-8,11H,4,9-10H2,1-3H3,(H,17,20)(H3,16,18,19);1H. The van der Waals surface area contributed by atoms with Crippen LogP contribution in [-0.2, 0) is 4.79 Å². The summed E-state index contributed by atoms with van der Waals surface area (Å²) in [5, 5.41) is 5.83. The maximum Gasteiger partial charge on any atom is 0.222 e. The molecule has 22 heavy (non-hydrogen) atoms. The highest BCUT2D eigenvalue weighted by atomic mass is 127. The van der Waals surface area contributed by atoms with Crippen molar-refractivity contribution in [1.82, 2.24) is 5.32 Å². The maximum absolute atomic E-state index is 11.3. The van der Waals surface area contributed by atoms with Crippen LogP contribution in [0.25, 0.3) is 0 Å². The van der Waals surface area contributed by atoms with Crippen LogP contribution >= 0.6 is 24.0 Å². The highest BCUT2D eigenvalue weighted by Crippen LogP contribution is 2.14. The van der Waals surface area contributed by atoms with Crippen LogP contribution in [0.5, 0.6) is 5.75 Å². The molecule has 1 aromatic carbocycles. The first kappa shape index (κ1) is 20.5. The highest BCUT2D eigenvalue weighted by molar-refractivity contribution is 14.0. The molecular formula is C15H25IN4O2. The van der Waals surface area contributed by atoms with E-state index >= 15 is 0 Å². The Morgan fingerprint density at radius 1 is 1.32 bits per heavy atom. The largest absolute Gasteiger partial charge is 0.497 e. The van der Waals surface area contributed by atoms with E-state index in [-0.39, 0.29) is 35.8 Å². The van der Waals surface area contributed by atoms with Crippen molar-refractivity contribution >= 4 is 41.5 Å². The van der Waals surface area contributed by atoms with Gasteiger partial charge in [-0.2, -0.15) is 0 Å². The van der Waals surface area contributed by atoms with Crippen molar-refractivity contribution in [2.45, 2.75) is 20.3 Å². The van der Waals surface area contributed by atoms with Gasteiger partial charge in [0.2, 0.25) is 5.91 Å². The molecule has 1 rings (SSSR count). The third-order valence-electron chi connectivity index (χ3n) is 2.80. The van der Waals surface area contributed by atoms with Crippen molar-refractivity contribution in [2.75, 3.05) is 25.5 Å². The molecule has 0 unspecified atom stereocenters. The molecule has 124 valence electrons. The molecule has 0 fully saturated rings. The second-order valence-electron chi connectivity index (χ2n) is 4.92. The summed E-state index contributed by atoms with van der Waals surface area (Å²) in [5.41, 5.74) is 6.64. The molecule has 0 aliphatic carbocycles. The Bertz CT molecular complexity index is 475. The number of guanidine groups is 1. The van der Waals surface area contributed by atoms with Gasteiger partial charge >= 0.3 is 0 Å². The number of aliphatic imine (C=N–C) groups is 1. The first-order chi connectivity index (χ1) is 10.0. The summed E-state index contributed by atoms with van der Waals surface area (Å²) in [4.78, 5) is 15.5. The smallest absolute Gasteiger partial charge is 0.222 e. The van der Waals surface area contributed by atoms with E-state index in [1.807, 2.05) is 38.1 Å². The number of rotatable bonds is 7. The van der Waals surface area contributed by atoms with Crippen molar-refractivity contribution in [3.63, 3.8) is 0 Å². The Labute approximate surface area is 148 Å². The number of anilines is 1. The first-order valence-corrected chi connectivity index (χ1v) is 7.01. The summed E-state index contributed by atoms with van der Waals surface area (Å²) in [6.45, 7) is 4.90. The lowest BCUT2D eigenvalue weighted by Crippen LogP contribution is -2.29. The van der Waals surface area contributed by atoms with E-state index in [0.717, 1.165) is 17.9 Å². The second-order valence-corrected chi connectivity index (χ2v) is 4.92. The van der Waals surface area contributed by atoms with Gasteiger partial charge in [0.15, 0.2) is 5.96 Å². The quantitative estimate of drug-likeness (QED) is 0.273. The molecule has 0 aromatic heterocycles. The zero-order valence-corrected chi connectivity index (χ0v) is 15.6. The van der Waals surface area contributed by atoms with E-state index in [2.05, 4.69) is 15.6 Å². The number of ether oxygens (including phenoxy) is 1. The number of amides is 1. The lowest BCUT2D eigenvalue weighted by Gasteiger charge is -2.08. The molecule has 4 N–H and O–H groups in total. The Morgan fingerprint density at radius 3 is 2.50 bits per heavy atom. The van der Waals surface area contributed by atoms with E-state index in [1.54, 1.807) is 7.11 Å². The van der Waals surface area contributed by atoms with Crippen LogP contribution in [-0.4, -0.2) is 32.1 Å². The van der Waals surface area contributed by atoms with Crippen LogP contribution in [0, 0.1) is 5.92 Å². The molecule has 0 bridgehead atoms. The van der Waals surface area contributed by atoms with Gasteiger partial charge < -0.3 is 21.1 Å². The molecule has 0 radical (unpaired) electrons. The van der Waals surface area contributed by atoms with Gasteiger partial charge in [-0.25, -0.2) is 0 Å². The fourth-order valence-corrected chi connectivity index (χ4v) is 1.56. The number of nitrogens with zero attached hydrogens (tertiary/aromatic N) is 1. The molecule has 7 heteroatoms. The van der Waals surface area contributed by atoms with E-state index in [0.29, 0.717) is 19.0 Å². The van der Waals surface area contributed by atoms with E-state index < -0.39 is 0 Å². The monoisotopic (exact) mass is 420 g/mol. The van der Waals surface area contributed by atoms with Crippen molar-refractivity contribution in [3.05, 3.63) is 24.3 Å². The summed E-state index contributed by atoms with van der Waals surface area (Å²) in [6, 6.07) is 7.42. The molecule has 0 saturated heterocycles. The number of carbonyl (C=O) groups excluding carboxylic acids is 1. The van der Waals surface area contributed by atoms with Crippen LogP contribution < -0.4 is 21.1 Å². The van der Waals surface area contributed by atoms with Gasteiger partial charge in [0.05, 0.1) is 7.11 Å². The molecule has 6 nitrogen and oxygen atoms in total. The van der Waals surface area contributed by atoms with Gasteiger partial charge in [-0.05, 0) is 30.7 Å². The number of methoxy groups -OCH3 is 1. The average Bonchev–Trinajstić information content (AvgIpc) is 2.47. The third-order valence-corrected chi connectivity index (χ3v) is 2.80. The number of nitrogens with one attached hydrogen (secondary N) is 2. The molecule has 0 atom stereocenters. The summed E-state index contributed by atoms with van der Waals surface area (Å²) >= 11 is 0. The van der Waals surface area contributed by atoms with E-state index in [4.69, 9.17) is 10.5 Å². The third kappa shape index (κ3) is 8.06. The Kier molecular flexibility index (Phi) is 10.3. The van der Waals surface area contributed by atoms with Gasteiger partial charge in [-0.3, -0.25) is 9.79 Å². The predicted molar refractivity (Wildman–Crippen MR) is 101 cm³/mol. The molecule has 0 spiro atoms. The molecular weight excluding hydrogens is 395 g/mol. The van der Waals surface area contributed by atoms with Gasteiger partial charge in [-0.1, -0.05) is 13.8 Å². The summed E-state index contributed by atoms with van der Waals surface area (Å²) < 4.78 is 5.08. The van der Waals surface area contributed by atoms with Crippen LogP contribution in [0.1, 0.15) is 20.3 Å². The summed E-state index contributed by atoms with van der Waals surface area (Å²) in [6.07, 6.45) is 0.753. The Morgan fingerprint density at radius 2 is 1.95 bits per heavy atom. The number of hydrogen-bond acceptors (Lipinski definition) is 3. The zero-order chi connectivity index (χ0) is 15.7. The first-order valence-electron chi connectivity index (χ1n) is 7.01. The van der Waals surface area contributed by atoms with Crippen LogP contribution in [0.2, 0.25) is 0 Å². The maximum atomic E-state index is 11.3. The van der Waals surface area contributed by atoms with Gasteiger partial charge in [0.1, 0.15) is 5.75 Å². The van der Waals surface area contributed by atoms with Crippen molar-refractivity contribution in [1.29, 1.82) is 0 Å². The molecule has 1 amide bonds. The summed E-state index contributed by atoms with van der Waals surface area (Å²) in [5.74, 6) is 1.21. The van der Waals surface area contributed by atoms with Crippen LogP contribution in [0.4, 0.5) is 5.69 Å². The number of benzene rings is 1. The SMILES string of the molecule is COc1ccc(NC(N)=NCCCNC(=O)C(C)C)cc1.I. The van der Waals surface area contributed by atoms with Crippen LogP contribution in [0.3, 0.4) is 0 Å². The molecule has 0 heterocycles. The molecule has 0 aliphatic rings. The Balaban J connectivity index is 0.00000441. The van der Waals surface area contributed by atoms with Crippen molar-refractivity contribution in [2.24, 2.45) is 16.6 Å². The lowest BCUT2D eigenvalue weighted by atomic mass is 10.2. The predicted octanol–water partition coefficient (Wildman–Crippen LogP) is 2.20. The minimum absolute atomic E-state index is 0. The average molecular weight is 420 g/mol. The van der Waals surface area contributed by atoms with Crippen molar-refractivity contribution < 1.29 is 9.53 Å². The number of carbonyl (C=O) groups is 1. The van der Waals surface area contributed by atoms with Crippen molar-refractivity contribution in [3.8, 4) is 5.75 Å². The second kappa shape index (κ2) is 11.1. The van der Waals surface area contributed by atoms with E-state index in [1.165, 1.54) is 0 Å². The highest BCUT2D eigenvalue weighted by Gasteiger charge is 2.04. The van der Waals surface area contributed by atoms with Crippen LogP contribution in [0.15, 0.2) is 29.3 Å². The molecule has 1 aromatic rings. The normalized spacial score (nSPS) is 10.8. The minimum Gasteiger partial charge on any atom is -0.497 e. The topological polar surface area (TPSA) is 88.7 Å². The lowest BCUT2D eigenvalue weighted by molar-refractivity contribution is -0.123. The fraction of sp³-hybridized carbons (Fsp3) is 0.467. The van der Waals surface area contributed by atoms with Gasteiger partial charge in [-0.15, -0.1) is 24.0 Å². The molecule has 0 aliphatic heterocycles. The Hall–Kier alpha value is -1.51. The zero-order valence-electron chi connectivity index (χ0n) is 13.3. The van der Waals surface area contributed by atoms with E-state index in [9.17, 15) is 4.79 Å². The number of halogens is 1. The number of nitrogens with two attached hydrogens (primary N) is 1. The minimum atomic E-state index is 0.